The number of aliphatic hydroxyl groups is 1. The second kappa shape index (κ2) is 2.99. The second-order valence-corrected chi connectivity index (χ2v) is 2.15. The van der Waals surface area contributed by atoms with Gasteiger partial charge in [-0.15, -0.1) is 0 Å². The maximum atomic E-state index is 10.2. The van der Waals surface area contributed by atoms with Crippen LogP contribution in [0.25, 0.3) is 0 Å². The zero-order valence-electron chi connectivity index (χ0n) is 5.74. The molecule has 0 unspecified atom stereocenters. The monoisotopic (exact) mass is 151 g/mol. The van der Waals surface area contributed by atoms with Crippen molar-refractivity contribution in [2.45, 2.75) is 6.42 Å². The fourth-order valence-corrected chi connectivity index (χ4v) is 0.733. The molecule has 1 aliphatic rings. The van der Waals surface area contributed by atoms with Crippen molar-refractivity contribution in [3.05, 3.63) is 35.6 Å². The smallest absolute Gasteiger partial charge is 0.320 e. The minimum absolute atomic E-state index is 0.0270. The van der Waals surface area contributed by atoms with Crippen LogP contribution in [0.5, 0.6) is 0 Å². The van der Waals surface area contributed by atoms with Crippen molar-refractivity contribution in [1.82, 2.24) is 0 Å². The zero-order valence-corrected chi connectivity index (χ0v) is 5.74. The van der Waals surface area contributed by atoms with Crippen molar-refractivity contribution in [1.29, 1.82) is 0 Å². The highest BCUT2D eigenvalue weighted by Gasteiger charge is 2.11. The average Bonchev–Trinajstić information content (AvgIpc) is 1.93. The number of carboxylic acid groups (broad SMARTS) is 1. The molecular formula is C8H7O3+. The first-order valence-electron chi connectivity index (χ1n) is 3.10. The van der Waals surface area contributed by atoms with Gasteiger partial charge in [0.05, 0.1) is 23.8 Å². The second-order valence-electron chi connectivity index (χ2n) is 2.15. The van der Waals surface area contributed by atoms with E-state index in [0.717, 1.165) is 0 Å². The maximum absolute atomic E-state index is 10.2. The summed E-state index contributed by atoms with van der Waals surface area (Å²) in [5.74, 6) is -0.858. The Bertz CT molecular complexity index is 259. The number of hydrogen-bond acceptors (Lipinski definition) is 2. The topological polar surface area (TPSA) is 57.5 Å². The van der Waals surface area contributed by atoms with Gasteiger partial charge in [0.25, 0.3) is 5.76 Å². The van der Waals surface area contributed by atoms with Crippen LogP contribution in [0.2, 0.25) is 0 Å². The molecule has 56 valence electrons. The molecule has 2 N–H and O–H groups in total. The molecule has 0 saturated heterocycles. The minimum Gasteiger partial charge on any atom is -0.481 e. The van der Waals surface area contributed by atoms with Crippen LogP contribution in [0.4, 0.5) is 0 Å². The van der Waals surface area contributed by atoms with E-state index in [1.165, 1.54) is 12.2 Å². The van der Waals surface area contributed by atoms with Crippen LogP contribution in [0.3, 0.4) is 0 Å². The van der Waals surface area contributed by atoms with Crippen LogP contribution >= 0.6 is 0 Å². The van der Waals surface area contributed by atoms with Gasteiger partial charge in [0, 0.05) is 0 Å². The highest BCUT2D eigenvalue weighted by molar-refractivity contribution is 5.71. The number of carboxylic acids is 1. The third-order valence-corrected chi connectivity index (χ3v) is 1.22. The lowest BCUT2D eigenvalue weighted by Gasteiger charge is -1.91. The van der Waals surface area contributed by atoms with Gasteiger partial charge in [0.2, 0.25) is 0 Å². The molecule has 0 heterocycles. The molecule has 0 spiro atoms. The summed E-state index contributed by atoms with van der Waals surface area (Å²) < 4.78 is 0. The Morgan fingerprint density at radius 1 is 1.55 bits per heavy atom. The number of hydrogen-bond donors (Lipinski definition) is 2. The van der Waals surface area contributed by atoms with Crippen molar-refractivity contribution in [3.63, 3.8) is 0 Å². The molecule has 0 fully saturated rings. The summed E-state index contributed by atoms with van der Waals surface area (Å²) in [6.45, 7) is 0. The average molecular weight is 151 g/mol. The van der Waals surface area contributed by atoms with Crippen LogP contribution < -0.4 is 0 Å². The summed E-state index contributed by atoms with van der Waals surface area (Å²) in [4.78, 5) is 10.2. The van der Waals surface area contributed by atoms with Gasteiger partial charge in [0.15, 0.2) is 0 Å². The minimum atomic E-state index is -0.885. The van der Waals surface area contributed by atoms with Crippen molar-refractivity contribution in [2.24, 2.45) is 0 Å². The van der Waals surface area contributed by atoms with Crippen LogP contribution in [0, 0.1) is 6.08 Å². The predicted octanol–water partition coefficient (Wildman–Crippen LogP) is 1.20. The molecule has 3 nitrogen and oxygen atoms in total. The third-order valence-electron chi connectivity index (χ3n) is 1.22. The first kappa shape index (κ1) is 7.51. The fourth-order valence-electron chi connectivity index (χ4n) is 0.733. The zero-order chi connectivity index (χ0) is 8.27. The molecule has 11 heavy (non-hydrogen) atoms. The molecule has 0 aromatic rings. The Labute approximate surface area is 64.0 Å². The summed E-state index contributed by atoms with van der Waals surface area (Å²) in [7, 11) is 0. The molecule has 0 saturated carbocycles. The lowest BCUT2D eigenvalue weighted by atomic mass is 10.1. The quantitative estimate of drug-likeness (QED) is 0.583. The van der Waals surface area contributed by atoms with Gasteiger partial charge in [-0.1, -0.05) is 0 Å². The highest BCUT2D eigenvalue weighted by Crippen LogP contribution is 2.10. The van der Waals surface area contributed by atoms with E-state index in [-0.39, 0.29) is 12.2 Å². The highest BCUT2D eigenvalue weighted by atomic mass is 16.4. The van der Waals surface area contributed by atoms with E-state index in [1.807, 2.05) is 0 Å². The largest absolute Gasteiger partial charge is 0.481 e. The molecule has 0 bridgehead atoms. The van der Waals surface area contributed by atoms with E-state index in [9.17, 15) is 4.79 Å². The van der Waals surface area contributed by atoms with Crippen LogP contribution in [0.1, 0.15) is 6.42 Å². The standard InChI is InChI=1S/C8H6O3/c9-7-3-1-6(2-4-7)5-8(10)11/h1-3H,5H2,(H-,9,10,11)/p+1. The number of carbonyl (C=O) groups is 1. The van der Waals surface area contributed by atoms with E-state index in [1.54, 1.807) is 6.08 Å². The Balaban J connectivity index is 2.65. The molecule has 3 heteroatoms. The van der Waals surface area contributed by atoms with E-state index in [2.05, 4.69) is 6.08 Å². The lowest BCUT2D eigenvalue weighted by molar-refractivity contribution is -0.136. The van der Waals surface area contributed by atoms with Crippen molar-refractivity contribution < 1.29 is 15.0 Å². The number of allylic oxidation sites excluding steroid dienone is 4. The van der Waals surface area contributed by atoms with E-state index >= 15 is 0 Å². The van der Waals surface area contributed by atoms with Gasteiger partial charge in [-0.2, -0.15) is 0 Å². The first-order valence-corrected chi connectivity index (χ1v) is 3.10. The molecule has 0 aromatic carbocycles. The molecule has 0 aliphatic heterocycles. The van der Waals surface area contributed by atoms with E-state index < -0.39 is 5.97 Å². The normalized spacial score (nSPS) is 14.9. The van der Waals surface area contributed by atoms with Crippen LogP contribution in [0.15, 0.2) is 29.6 Å². The van der Waals surface area contributed by atoms with E-state index in [4.69, 9.17) is 10.2 Å². The Morgan fingerprint density at radius 3 is 2.73 bits per heavy atom. The van der Waals surface area contributed by atoms with Crippen molar-refractivity contribution in [3.8, 4) is 0 Å². The van der Waals surface area contributed by atoms with Gasteiger partial charge in [-0.3, -0.25) is 4.79 Å². The van der Waals surface area contributed by atoms with E-state index in [0.29, 0.717) is 5.57 Å². The van der Waals surface area contributed by atoms with Gasteiger partial charge < -0.3 is 10.2 Å². The molecule has 0 aromatic heterocycles. The molecule has 0 radical (unpaired) electrons. The Hall–Kier alpha value is -1.60. The third kappa shape index (κ3) is 2.24. The summed E-state index contributed by atoms with van der Waals surface area (Å²) in [5.41, 5.74) is 0.635. The van der Waals surface area contributed by atoms with Gasteiger partial charge >= 0.3 is 5.97 Å². The van der Waals surface area contributed by atoms with Crippen molar-refractivity contribution in [2.75, 3.05) is 0 Å². The molecule has 0 amide bonds. The molecule has 0 atom stereocenters. The maximum Gasteiger partial charge on any atom is 0.320 e. The number of rotatable bonds is 2. The fraction of sp³-hybridized carbons (Fsp3) is 0.125. The van der Waals surface area contributed by atoms with Gasteiger partial charge in [0.1, 0.15) is 12.5 Å². The van der Waals surface area contributed by atoms with Crippen LogP contribution in [-0.2, 0) is 4.79 Å². The molecule has 1 rings (SSSR count). The Kier molecular flexibility index (Phi) is 2.04. The summed E-state index contributed by atoms with van der Waals surface area (Å²) in [6.07, 6.45) is 6.90. The molecule has 1 aliphatic carbocycles. The summed E-state index contributed by atoms with van der Waals surface area (Å²) >= 11 is 0. The lowest BCUT2D eigenvalue weighted by Crippen LogP contribution is -1.97. The van der Waals surface area contributed by atoms with Gasteiger partial charge in [-0.25, -0.2) is 0 Å². The number of aliphatic carboxylic acids is 1. The molecular weight excluding hydrogens is 144 g/mol. The SMILES string of the molecule is O=C(O)CC1=C[C+]=C(O)C=C1. The van der Waals surface area contributed by atoms with Crippen LogP contribution in [-0.4, -0.2) is 16.2 Å². The summed E-state index contributed by atoms with van der Waals surface area (Å²) in [5, 5.41) is 17.1. The summed E-state index contributed by atoms with van der Waals surface area (Å²) in [6, 6.07) is 0. The van der Waals surface area contributed by atoms with Crippen molar-refractivity contribution >= 4 is 5.97 Å². The van der Waals surface area contributed by atoms with Gasteiger partial charge in [-0.05, 0) is 0 Å². The first-order chi connectivity index (χ1) is 5.18. The Morgan fingerprint density at radius 2 is 2.27 bits per heavy atom. The predicted molar refractivity (Wildman–Crippen MR) is 38.9 cm³/mol. The number of aliphatic hydroxyl groups excluding tert-OH is 1.